The highest BCUT2D eigenvalue weighted by atomic mass is 32.1. The number of hydrogen-bond donors (Lipinski definition) is 5. The highest BCUT2D eigenvalue weighted by Crippen LogP contribution is 2.31. The Bertz CT molecular complexity index is 958. The van der Waals surface area contributed by atoms with Gasteiger partial charge in [0.2, 0.25) is 17.7 Å². The molecule has 5 N–H and O–H groups in total. The van der Waals surface area contributed by atoms with E-state index in [-0.39, 0.29) is 19.5 Å². The van der Waals surface area contributed by atoms with E-state index in [1.807, 2.05) is 18.2 Å². The van der Waals surface area contributed by atoms with Crippen molar-refractivity contribution < 1.29 is 23.1 Å². The van der Waals surface area contributed by atoms with Crippen LogP contribution >= 0.6 is 12.6 Å². The first-order valence-electron chi connectivity index (χ1n) is 10.6. The molecule has 178 valence electrons. The van der Waals surface area contributed by atoms with Gasteiger partial charge in [0.1, 0.15) is 17.5 Å². The van der Waals surface area contributed by atoms with E-state index in [4.69, 9.17) is 10.5 Å². The zero-order valence-electron chi connectivity index (χ0n) is 18.1. The van der Waals surface area contributed by atoms with Crippen LogP contribution < -0.4 is 26.4 Å². The third kappa shape index (κ3) is 7.15. The van der Waals surface area contributed by atoms with Gasteiger partial charge in [0.05, 0.1) is 11.3 Å². The van der Waals surface area contributed by atoms with Gasteiger partial charge in [-0.15, -0.1) is 0 Å². The summed E-state index contributed by atoms with van der Waals surface area (Å²) in [6.07, 6.45) is 0.0402. The van der Waals surface area contributed by atoms with Crippen LogP contribution in [0.3, 0.4) is 0 Å². The molecule has 7 nitrogen and oxygen atoms in total. The number of halogens is 2. The second kappa shape index (κ2) is 11.0. The van der Waals surface area contributed by atoms with Gasteiger partial charge in [0.15, 0.2) is 0 Å². The molecule has 1 saturated heterocycles. The van der Waals surface area contributed by atoms with Gasteiger partial charge in [-0.05, 0) is 37.6 Å². The number of rotatable bonds is 8. The zero-order valence-corrected chi connectivity index (χ0v) is 19.0. The van der Waals surface area contributed by atoms with E-state index in [0.29, 0.717) is 17.2 Å². The number of alkyl halides is 2. The van der Waals surface area contributed by atoms with Gasteiger partial charge in [-0.2, -0.15) is 12.6 Å². The Balaban J connectivity index is 1.54. The van der Waals surface area contributed by atoms with Gasteiger partial charge < -0.3 is 26.4 Å². The minimum absolute atomic E-state index is 0.0402. The van der Waals surface area contributed by atoms with E-state index in [0.717, 1.165) is 6.92 Å². The monoisotopic (exact) mass is 478 g/mol. The molecule has 1 fully saturated rings. The number of hydrogen-bond acceptors (Lipinski definition) is 6. The van der Waals surface area contributed by atoms with Gasteiger partial charge in [-0.1, -0.05) is 24.3 Å². The fraction of sp³-hybridized carbons (Fsp3) is 0.391. The summed E-state index contributed by atoms with van der Waals surface area (Å²) in [6.45, 7) is 1.27. The van der Waals surface area contributed by atoms with Crippen LogP contribution in [0.15, 0.2) is 54.6 Å². The lowest BCUT2D eigenvalue weighted by Crippen LogP contribution is -2.54. The molecule has 4 atom stereocenters. The molecule has 0 aliphatic carbocycles. The first kappa shape index (κ1) is 24.9. The molecule has 3 rings (SSSR count). The minimum atomic E-state index is -2.89. The molecular weight excluding hydrogens is 450 g/mol. The molecule has 2 aromatic carbocycles. The molecule has 2 aromatic rings. The van der Waals surface area contributed by atoms with E-state index in [9.17, 15) is 18.4 Å². The summed E-state index contributed by atoms with van der Waals surface area (Å²) >= 11 is 4.24. The summed E-state index contributed by atoms with van der Waals surface area (Å²) in [5.41, 5.74) is 6.43. The number of nitrogens with one attached hydrogen (secondary N) is 3. The molecule has 4 unspecified atom stereocenters. The van der Waals surface area contributed by atoms with Crippen LogP contribution in [0.4, 0.5) is 14.5 Å². The highest BCUT2D eigenvalue weighted by Gasteiger charge is 2.40. The summed E-state index contributed by atoms with van der Waals surface area (Å²) in [5, 5.41) is 7.10. The number of piperidine rings is 1. The van der Waals surface area contributed by atoms with Crippen molar-refractivity contribution in [2.45, 2.75) is 30.7 Å². The number of para-hydroxylation sites is 1. The standard InChI is InChI=1S/C23H28F2N4O3S/c1-23(24,25)15-10-14(12-27-13-15)20(30)29-22(33)19(26)21(31)28-16-6-5-9-18(11-16)32-17-7-3-2-4-8-17/h2-9,11,14-15,19,22,27,33H,10,12-13,26H2,1H3,(H,28,31)(H,29,30). The first-order valence-corrected chi connectivity index (χ1v) is 11.1. The normalized spacial score (nSPS) is 20.4. The number of thiol groups is 1. The lowest BCUT2D eigenvalue weighted by atomic mass is 9.86. The molecule has 1 aliphatic heterocycles. The van der Waals surface area contributed by atoms with E-state index >= 15 is 0 Å². The fourth-order valence-electron chi connectivity index (χ4n) is 3.51. The van der Waals surface area contributed by atoms with Crippen LogP contribution in [0.5, 0.6) is 11.5 Å². The maximum absolute atomic E-state index is 13.6. The van der Waals surface area contributed by atoms with E-state index < -0.39 is 41.0 Å². The van der Waals surface area contributed by atoms with Crippen molar-refractivity contribution in [2.24, 2.45) is 17.6 Å². The average Bonchev–Trinajstić information content (AvgIpc) is 2.79. The second-order valence-corrected chi connectivity index (χ2v) is 8.71. The Kier molecular flexibility index (Phi) is 8.28. The lowest BCUT2D eigenvalue weighted by molar-refractivity contribution is -0.128. The average molecular weight is 479 g/mol. The van der Waals surface area contributed by atoms with Crippen molar-refractivity contribution in [3.05, 3.63) is 54.6 Å². The highest BCUT2D eigenvalue weighted by molar-refractivity contribution is 7.81. The second-order valence-electron chi connectivity index (χ2n) is 8.16. The first-order chi connectivity index (χ1) is 15.6. The molecule has 1 aliphatic rings. The zero-order chi connectivity index (χ0) is 24.0. The molecule has 0 bridgehead atoms. The molecule has 2 amide bonds. The molecule has 33 heavy (non-hydrogen) atoms. The van der Waals surface area contributed by atoms with Gasteiger partial charge in [-0.25, -0.2) is 8.78 Å². The van der Waals surface area contributed by atoms with E-state index in [1.165, 1.54) is 0 Å². The Morgan fingerprint density at radius 3 is 2.55 bits per heavy atom. The maximum atomic E-state index is 13.6. The Labute approximate surface area is 196 Å². The van der Waals surface area contributed by atoms with Crippen LogP contribution in [0.25, 0.3) is 0 Å². The SMILES string of the molecule is CC(F)(F)C1CNCC(C(=O)NC(S)C(N)C(=O)Nc2cccc(Oc3ccccc3)c2)C1. The summed E-state index contributed by atoms with van der Waals surface area (Å²) in [6, 6.07) is 14.8. The van der Waals surface area contributed by atoms with Gasteiger partial charge >= 0.3 is 0 Å². The quantitative estimate of drug-likeness (QED) is 0.296. The smallest absolute Gasteiger partial charge is 0.249 e. The number of amides is 2. The topological polar surface area (TPSA) is 105 Å². The number of carbonyl (C=O) groups excluding carboxylic acids is 2. The molecule has 0 aromatic heterocycles. The van der Waals surface area contributed by atoms with Crippen molar-refractivity contribution in [1.82, 2.24) is 10.6 Å². The molecule has 0 radical (unpaired) electrons. The predicted molar refractivity (Wildman–Crippen MR) is 126 cm³/mol. The number of nitrogens with two attached hydrogens (primary N) is 1. The molecule has 1 heterocycles. The van der Waals surface area contributed by atoms with Crippen molar-refractivity contribution in [1.29, 1.82) is 0 Å². The summed E-state index contributed by atoms with van der Waals surface area (Å²) in [7, 11) is 0. The lowest BCUT2D eigenvalue weighted by Gasteiger charge is -2.33. The Morgan fingerprint density at radius 1 is 1.15 bits per heavy atom. The predicted octanol–water partition coefficient (Wildman–Crippen LogP) is 3.00. The number of anilines is 1. The van der Waals surface area contributed by atoms with Crippen molar-refractivity contribution >= 4 is 30.1 Å². The van der Waals surface area contributed by atoms with Crippen LogP contribution in [0.1, 0.15) is 13.3 Å². The summed E-state index contributed by atoms with van der Waals surface area (Å²) in [4.78, 5) is 25.1. The van der Waals surface area contributed by atoms with Crippen molar-refractivity contribution in [2.75, 3.05) is 18.4 Å². The minimum Gasteiger partial charge on any atom is -0.457 e. The largest absolute Gasteiger partial charge is 0.457 e. The number of ether oxygens (including phenoxy) is 1. The van der Waals surface area contributed by atoms with Crippen LogP contribution in [0, 0.1) is 11.8 Å². The van der Waals surface area contributed by atoms with Crippen molar-refractivity contribution in [3.8, 4) is 11.5 Å². The molecular formula is C23H28F2N4O3S. The molecule has 0 saturated carbocycles. The number of carbonyl (C=O) groups is 2. The molecule has 0 spiro atoms. The number of benzene rings is 2. The van der Waals surface area contributed by atoms with Crippen molar-refractivity contribution in [3.63, 3.8) is 0 Å². The fourth-order valence-corrected chi connectivity index (χ4v) is 3.77. The van der Waals surface area contributed by atoms with Gasteiger partial charge in [-0.3, -0.25) is 9.59 Å². The van der Waals surface area contributed by atoms with Crippen LogP contribution in [0.2, 0.25) is 0 Å². The Hall–Kier alpha value is -2.69. The van der Waals surface area contributed by atoms with E-state index in [2.05, 4.69) is 28.6 Å². The summed E-state index contributed by atoms with van der Waals surface area (Å²) < 4.78 is 33.0. The van der Waals surface area contributed by atoms with Gasteiger partial charge in [0.25, 0.3) is 0 Å². The maximum Gasteiger partial charge on any atom is 0.249 e. The summed E-state index contributed by atoms with van der Waals surface area (Å²) in [5.74, 6) is -4.35. The van der Waals surface area contributed by atoms with Crippen LogP contribution in [-0.4, -0.2) is 42.2 Å². The molecule has 10 heteroatoms. The van der Waals surface area contributed by atoms with Gasteiger partial charge in [0, 0.05) is 30.8 Å². The van der Waals surface area contributed by atoms with E-state index in [1.54, 1.807) is 36.4 Å². The third-order valence-corrected chi connectivity index (χ3v) is 5.90. The van der Waals surface area contributed by atoms with Crippen LogP contribution in [-0.2, 0) is 9.59 Å². The Morgan fingerprint density at radius 2 is 1.85 bits per heavy atom. The third-order valence-electron chi connectivity index (χ3n) is 5.45.